The number of ether oxygens (including phenoxy) is 1. The highest BCUT2D eigenvalue weighted by Gasteiger charge is 2.31. The molecule has 0 spiro atoms. The van der Waals surface area contributed by atoms with Crippen molar-refractivity contribution in [3.05, 3.63) is 27.1 Å². The topological polar surface area (TPSA) is 87.1 Å². The lowest BCUT2D eigenvalue weighted by atomic mass is 10.1. The first-order chi connectivity index (χ1) is 14.8. The zero-order valence-electron chi connectivity index (χ0n) is 17.6. The molecule has 6 nitrogen and oxygen atoms in total. The molecule has 1 heterocycles. The Morgan fingerprint density at radius 1 is 1.16 bits per heavy atom. The van der Waals surface area contributed by atoms with Gasteiger partial charge in [0.25, 0.3) is 5.91 Å². The summed E-state index contributed by atoms with van der Waals surface area (Å²) in [5, 5.41) is 18.6. The number of thioether (sulfide) groups is 1. The highest BCUT2D eigenvalue weighted by atomic mass is 79.9. The number of benzene rings is 1. The Morgan fingerprint density at radius 3 is 2.39 bits per heavy atom. The van der Waals surface area contributed by atoms with Gasteiger partial charge in [0.2, 0.25) is 0 Å². The molecule has 1 aromatic carbocycles. The van der Waals surface area contributed by atoms with Crippen LogP contribution in [0.3, 0.4) is 0 Å². The van der Waals surface area contributed by atoms with Gasteiger partial charge >= 0.3 is 5.97 Å². The highest BCUT2D eigenvalue weighted by molar-refractivity contribution is 9.10. The fraction of sp³-hybridized carbons (Fsp3) is 0.500. The van der Waals surface area contributed by atoms with Crippen molar-refractivity contribution in [2.75, 3.05) is 13.7 Å². The van der Waals surface area contributed by atoms with Crippen LogP contribution in [-0.4, -0.2) is 45.0 Å². The lowest BCUT2D eigenvalue weighted by molar-refractivity contribution is -0.137. The number of hydrogen-bond donors (Lipinski definition) is 2. The molecular formula is C22H28BrNO5S2. The third-order valence-corrected chi connectivity index (χ3v) is 6.95. The smallest absolute Gasteiger partial charge is 0.303 e. The van der Waals surface area contributed by atoms with Crippen LogP contribution >= 0.6 is 39.9 Å². The first kappa shape index (κ1) is 25.7. The molecule has 0 saturated carbocycles. The van der Waals surface area contributed by atoms with Crippen LogP contribution in [0.25, 0.3) is 6.08 Å². The second-order valence-corrected chi connectivity index (χ2v) is 9.89. The average molecular weight is 531 g/mol. The maximum atomic E-state index is 12.8. The maximum absolute atomic E-state index is 12.8. The Morgan fingerprint density at radius 2 is 1.77 bits per heavy atom. The largest absolute Gasteiger partial charge is 0.503 e. The average Bonchev–Trinajstić information content (AvgIpc) is 2.98. The molecule has 2 N–H and O–H groups in total. The zero-order chi connectivity index (χ0) is 22.8. The lowest BCUT2D eigenvalue weighted by Gasteiger charge is -2.14. The molecule has 0 radical (unpaired) electrons. The van der Waals surface area contributed by atoms with Crippen LogP contribution in [0, 0.1) is 0 Å². The van der Waals surface area contributed by atoms with E-state index in [1.54, 1.807) is 23.1 Å². The predicted octanol–water partition coefficient (Wildman–Crippen LogP) is 5.96. The molecule has 0 aliphatic carbocycles. The number of phenolic OH excluding ortho intramolecular Hbond substituents is 1. The van der Waals surface area contributed by atoms with Gasteiger partial charge in [-0.3, -0.25) is 14.5 Å². The van der Waals surface area contributed by atoms with Gasteiger partial charge in [-0.1, -0.05) is 62.5 Å². The van der Waals surface area contributed by atoms with E-state index >= 15 is 0 Å². The number of phenols is 1. The molecule has 1 aliphatic rings. The van der Waals surface area contributed by atoms with Crippen molar-refractivity contribution in [2.24, 2.45) is 0 Å². The number of halogens is 1. The number of thiocarbonyl (C=S) groups is 1. The van der Waals surface area contributed by atoms with Crippen molar-refractivity contribution in [1.29, 1.82) is 0 Å². The molecule has 1 saturated heterocycles. The van der Waals surface area contributed by atoms with Crippen molar-refractivity contribution >= 4 is 62.2 Å². The number of carbonyl (C=O) groups excluding carboxylic acids is 1. The van der Waals surface area contributed by atoms with Crippen molar-refractivity contribution in [2.45, 2.75) is 57.8 Å². The summed E-state index contributed by atoms with van der Waals surface area (Å²) < 4.78 is 6.23. The van der Waals surface area contributed by atoms with Crippen molar-refractivity contribution in [3.63, 3.8) is 0 Å². The second-order valence-electron chi connectivity index (χ2n) is 7.36. The van der Waals surface area contributed by atoms with Crippen molar-refractivity contribution < 1.29 is 24.5 Å². The molecule has 0 aromatic heterocycles. The highest BCUT2D eigenvalue weighted by Crippen LogP contribution is 2.38. The van der Waals surface area contributed by atoms with Crippen LogP contribution in [0.1, 0.15) is 63.4 Å². The van der Waals surface area contributed by atoms with Gasteiger partial charge < -0.3 is 14.9 Å². The summed E-state index contributed by atoms with van der Waals surface area (Å²) in [6.07, 6.45) is 10.1. The molecule has 170 valence electrons. The molecule has 1 amide bonds. The zero-order valence-corrected chi connectivity index (χ0v) is 20.8. The van der Waals surface area contributed by atoms with Gasteiger partial charge in [-0.25, -0.2) is 0 Å². The summed E-state index contributed by atoms with van der Waals surface area (Å²) in [6, 6.07) is 3.40. The number of methoxy groups -OCH3 is 1. The molecule has 1 aliphatic heterocycles. The Labute approximate surface area is 201 Å². The van der Waals surface area contributed by atoms with Crippen molar-refractivity contribution in [3.8, 4) is 11.5 Å². The Balaban J connectivity index is 1.75. The summed E-state index contributed by atoms with van der Waals surface area (Å²) in [5.74, 6) is -0.455. The molecule has 1 aromatic rings. The maximum Gasteiger partial charge on any atom is 0.303 e. The third-order valence-electron chi connectivity index (χ3n) is 4.96. The van der Waals surface area contributed by atoms with Gasteiger partial charge in [-0.05, 0) is 52.5 Å². The van der Waals surface area contributed by atoms with E-state index in [0.717, 1.165) is 56.9 Å². The number of carboxylic acid groups (broad SMARTS) is 1. The van der Waals surface area contributed by atoms with Gasteiger partial charge in [0.05, 0.1) is 16.5 Å². The monoisotopic (exact) mass is 529 g/mol. The number of carboxylic acids is 1. The van der Waals surface area contributed by atoms with E-state index in [9.17, 15) is 14.7 Å². The fourth-order valence-corrected chi connectivity index (χ4v) is 5.05. The number of rotatable bonds is 13. The molecule has 0 atom stereocenters. The molecule has 0 unspecified atom stereocenters. The van der Waals surface area contributed by atoms with E-state index < -0.39 is 5.97 Å². The molecule has 0 bridgehead atoms. The van der Waals surface area contributed by atoms with Gasteiger partial charge in [0, 0.05) is 13.0 Å². The van der Waals surface area contributed by atoms with Gasteiger partial charge in [-0.2, -0.15) is 0 Å². The molecule has 31 heavy (non-hydrogen) atoms. The minimum absolute atomic E-state index is 0.0208. The lowest BCUT2D eigenvalue weighted by Crippen LogP contribution is -2.29. The van der Waals surface area contributed by atoms with E-state index in [2.05, 4.69) is 15.9 Å². The normalized spacial score (nSPS) is 15.2. The standard InChI is InChI=1S/C22H28BrNO5S2/c1-29-17-13-15(12-16(23)20(17)27)14-18-21(28)24(22(30)31-18)11-9-7-5-3-2-4-6-8-10-19(25)26/h12-14,27H,2-11H2,1H3,(H,25,26). The SMILES string of the molecule is COc1cc(C=C2SC(=S)N(CCCCCCCCCCC(=O)O)C2=O)cc(Br)c1O. The summed E-state index contributed by atoms with van der Waals surface area (Å²) >= 11 is 9.98. The second kappa shape index (κ2) is 13.1. The first-order valence-corrected chi connectivity index (χ1v) is 12.4. The summed E-state index contributed by atoms with van der Waals surface area (Å²) in [4.78, 5) is 25.4. The quantitative estimate of drug-likeness (QED) is 0.185. The first-order valence-electron chi connectivity index (χ1n) is 10.4. The number of carbonyl (C=O) groups is 2. The van der Waals surface area contributed by atoms with E-state index in [1.807, 2.05) is 0 Å². The van der Waals surface area contributed by atoms with E-state index in [0.29, 0.717) is 26.0 Å². The Bertz CT molecular complexity index is 843. The van der Waals surface area contributed by atoms with Crippen LogP contribution in [0.2, 0.25) is 0 Å². The van der Waals surface area contributed by atoms with E-state index in [1.165, 1.54) is 18.9 Å². The number of amides is 1. The summed E-state index contributed by atoms with van der Waals surface area (Å²) in [5.41, 5.74) is 0.741. The number of nitrogens with zero attached hydrogens (tertiary/aromatic N) is 1. The number of aliphatic carboxylic acids is 1. The number of hydrogen-bond acceptors (Lipinski definition) is 6. The van der Waals surface area contributed by atoms with Crippen molar-refractivity contribution in [1.82, 2.24) is 4.90 Å². The van der Waals surface area contributed by atoms with E-state index in [4.69, 9.17) is 22.1 Å². The number of unbranched alkanes of at least 4 members (excludes halogenated alkanes) is 7. The molecule has 2 rings (SSSR count). The van der Waals surface area contributed by atoms with Crippen LogP contribution in [0.4, 0.5) is 0 Å². The fourth-order valence-electron chi connectivity index (χ4n) is 3.28. The van der Waals surface area contributed by atoms with Crippen LogP contribution in [0.5, 0.6) is 11.5 Å². The summed E-state index contributed by atoms with van der Waals surface area (Å²) in [6.45, 7) is 0.614. The van der Waals surface area contributed by atoms with Crippen LogP contribution in [0.15, 0.2) is 21.5 Å². The van der Waals surface area contributed by atoms with E-state index in [-0.39, 0.29) is 18.1 Å². The minimum Gasteiger partial charge on any atom is -0.503 e. The molecular weight excluding hydrogens is 502 g/mol. The van der Waals surface area contributed by atoms with Gasteiger partial charge in [-0.15, -0.1) is 0 Å². The number of aromatic hydroxyl groups is 1. The Kier molecular flexibility index (Phi) is 10.8. The Hall–Kier alpha value is -1.58. The predicted molar refractivity (Wildman–Crippen MR) is 131 cm³/mol. The minimum atomic E-state index is -0.721. The van der Waals surface area contributed by atoms with Gasteiger partial charge in [0.1, 0.15) is 4.32 Å². The van der Waals surface area contributed by atoms with Crippen LogP contribution in [-0.2, 0) is 9.59 Å². The molecule has 9 heteroatoms. The summed E-state index contributed by atoms with van der Waals surface area (Å²) in [7, 11) is 1.48. The third kappa shape index (κ3) is 8.12. The van der Waals surface area contributed by atoms with Gasteiger partial charge in [0.15, 0.2) is 11.5 Å². The molecule has 1 fully saturated rings. The van der Waals surface area contributed by atoms with Crippen LogP contribution < -0.4 is 4.74 Å².